The van der Waals surface area contributed by atoms with E-state index in [2.05, 4.69) is 16.7 Å². The molecule has 2 N–H and O–H groups in total. The Labute approximate surface area is 241 Å². The molecule has 0 aliphatic carbocycles. The second-order valence-corrected chi connectivity index (χ2v) is 10.5. The van der Waals surface area contributed by atoms with E-state index in [1.165, 1.54) is 0 Å². The molecule has 3 aromatic carbocycles. The number of halogens is 1. The second-order valence-electron chi connectivity index (χ2n) is 9.11. The summed E-state index contributed by atoms with van der Waals surface area (Å²) in [6.07, 6.45) is -0.445. The number of esters is 1. The third kappa shape index (κ3) is 7.23. The summed E-state index contributed by atoms with van der Waals surface area (Å²) in [7, 11) is 0. The van der Waals surface area contributed by atoms with E-state index in [1.54, 1.807) is 62.4 Å². The monoisotopic (exact) mass is 575 g/mol. The third-order valence-electron chi connectivity index (χ3n) is 5.83. The average Bonchev–Trinajstić information content (AvgIpc) is 2.93. The molecule has 0 radical (unpaired) electrons. The Morgan fingerprint density at radius 2 is 1.68 bits per heavy atom. The first kappa shape index (κ1) is 28.7. The highest BCUT2D eigenvalue weighted by molar-refractivity contribution is 8.03. The minimum Gasteiger partial charge on any atom is -0.462 e. The molecule has 0 bridgehead atoms. The van der Waals surface area contributed by atoms with Crippen molar-refractivity contribution in [2.75, 3.05) is 11.1 Å². The van der Waals surface area contributed by atoms with Gasteiger partial charge in [0.25, 0.3) is 0 Å². The first-order chi connectivity index (χ1) is 19.2. The second kappa shape index (κ2) is 13.2. The number of benzene rings is 3. The van der Waals surface area contributed by atoms with Crippen LogP contribution in [-0.2, 0) is 19.1 Å². The number of hydrogen-bond acceptors (Lipinski definition) is 7. The fraction of sp³-hybridized carbons (Fsp3) is 0.200. The summed E-state index contributed by atoms with van der Waals surface area (Å²) in [5.41, 5.74) is 1.28. The van der Waals surface area contributed by atoms with Crippen LogP contribution in [-0.4, -0.2) is 29.6 Å². The van der Waals surface area contributed by atoms with Crippen molar-refractivity contribution in [3.8, 4) is 17.6 Å². The van der Waals surface area contributed by atoms with Crippen LogP contribution in [0.15, 0.2) is 89.5 Å². The Morgan fingerprint density at radius 3 is 2.30 bits per heavy atom. The fourth-order valence-electron chi connectivity index (χ4n) is 4.09. The lowest BCUT2D eigenvalue weighted by atomic mass is 9.78. The Balaban J connectivity index is 1.49. The van der Waals surface area contributed by atoms with E-state index in [-0.39, 0.29) is 22.3 Å². The average molecular weight is 576 g/mol. The van der Waals surface area contributed by atoms with E-state index in [0.29, 0.717) is 27.8 Å². The number of allylic oxidation sites excluding steroid dienone is 1. The number of anilines is 1. The number of hydrogen-bond donors (Lipinski definition) is 2. The number of thioether (sulfide) groups is 1. The predicted molar refractivity (Wildman–Crippen MR) is 154 cm³/mol. The number of nitriles is 1. The Morgan fingerprint density at radius 1 is 1.02 bits per heavy atom. The van der Waals surface area contributed by atoms with Gasteiger partial charge in [-0.25, -0.2) is 0 Å². The molecule has 1 aliphatic heterocycles. The minimum absolute atomic E-state index is 0.0858. The normalized spacial score (nSPS) is 16.6. The highest BCUT2D eigenvalue weighted by atomic mass is 35.5. The van der Waals surface area contributed by atoms with E-state index in [4.69, 9.17) is 21.1 Å². The Hall–Kier alpha value is -4.26. The van der Waals surface area contributed by atoms with Gasteiger partial charge < -0.3 is 20.1 Å². The van der Waals surface area contributed by atoms with Crippen molar-refractivity contribution in [3.05, 3.63) is 100 Å². The lowest BCUT2D eigenvalue weighted by Gasteiger charge is -2.31. The zero-order valence-electron chi connectivity index (χ0n) is 21.7. The number of nitrogens with one attached hydrogen (secondary N) is 2. The molecule has 8 nitrogen and oxygen atoms in total. The van der Waals surface area contributed by atoms with Gasteiger partial charge in [-0.05, 0) is 67.9 Å². The molecule has 0 spiro atoms. The summed E-state index contributed by atoms with van der Waals surface area (Å²) in [6, 6.07) is 24.9. The highest BCUT2D eigenvalue weighted by Gasteiger charge is 2.44. The van der Waals surface area contributed by atoms with Gasteiger partial charge in [-0.15, -0.1) is 0 Å². The molecule has 0 aromatic heterocycles. The molecule has 4 rings (SSSR count). The van der Waals surface area contributed by atoms with Crippen LogP contribution in [0.5, 0.6) is 11.5 Å². The SMILES string of the molecule is CC(C)OC(=O)C1C(=O)NC(SCC(=O)Nc2ccc(Oc3ccccc3)cc2)=C(C#N)C1c1ccc(Cl)cc1. The smallest absolute Gasteiger partial charge is 0.319 e. The van der Waals surface area contributed by atoms with Crippen molar-refractivity contribution < 1.29 is 23.9 Å². The van der Waals surface area contributed by atoms with Gasteiger partial charge in [0, 0.05) is 16.6 Å². The van der Waals surface area contributed by atoms with E-state index in [0.717, 1.165) is 11.8 Å². The van der Waals surface area contributed by atoms with Crippen LogP contribution in [0, 0.1) is 17.2 Å². The van der Waals surface area contributed by atoms with Crippen LogP contribution in [0.4, 0.5) is 5.69 Å². The quantitative estimate of drug-likeness (QED) is 0.236. The summed E-state index contributed by atoms with van der Waals surface area (Å²) in [4.78, 5) is 38.8. The first-order valence-corrected chi connectivity index (χ1v) is 13.8. The third-order valence-corrected chi connectivity index (χ3v) is 7.10. The lowest BCUT2D eigenvalue weighted by molar-refractivity contribution is -0.156. The van der Waals surface area contributed by atoms with Crippen molar-refractivity contribution >= 4 is 46.8 Å². The van der Waals surface area contributed by atoms with Crippen LogP contribution >= 0.6 is 23.4 Å². The van der Waals surface area contributed by atoms with Crippen molar-refractivity contribution in [2.24, 2.45) is 5.92 Å². The molecule has 2 unspecified atom stereocenters. The Bertz CT molecular complexity index is 1450. The van der Waals surface area contributed by atoms with Crippen molar-refractivity contribution in [1.29, 1.82) is 5.26 Å². The molecule has 40 heavy (non-hydrogen) atoms. The number of amides is 2. The molecule has 10 heteroatoms. The molecular weight excluding hydrogens is 550 g/mol. The molecule has 2 atom stereocenters. The molecule has 3 aromatic rings. The number of para-hydroxylation sites is 1. The first-order valence-electron chi connectivity index (χ1n) is 12.4. The number of carbonyl (C=O) groups excluding carboxylic acids is 3. The van der Waals surface area contributed by atoms with Crippen LogP contribution in [0.3, 0.4) is 0 Å². The maximum Gasteiger partial charge on any atom is 0.319 e. The topological polar surface area (TPSA) is 118 Å². The van der Waals surface area contributed by atoms with Gasteiger partial charge in [0.05, 0.1) is 28.5 Å². The van der Waals surface area contributed by atoms with E-state index < -0.39 is 29.8 Å². The van der Waals surface area contributed by atoms with Crippen LogP contribution in [0.25, 0.3) is 0 Å². The summed E-state index contributed by atoms with van der Waals surface area (Å²) in [5.74, 6) is -2.63. The van der Waals surface area contributed by atoms with Gasteiger partial charge in [0.15, 0.2) is 0 Å². The molecule has 1 heterocycles. The Kier molecular flexibility index (Phi) is 9.48. The van der Waals surface area contributed by atoms with Crippen molar-refractivity contribution in [2.45, 2.75) is 25.9 Å². The van der Waals surface area contributed by atoms with Crippen LogP contribution in [0.1, 0.15) is 25.3 Å². The summed E-state index contributed by atoms with van der Waals surface area (Å²) >= 11 is 7.04. The van der Waals surface area contributed by atoms with Crippen LogP contribution < -0.4 is 15.4 Å². The number of carbonyl (C=O) groups is 3. The van der Waals surface area contributed by atoms with Gasteiger partial charge in [0.2, 0.25) is 11.8 Å². The molecule has 2 amide bonds. The van der Waals surface area contributed by atoms with E-state index >= 15 is 0 Å². The molecule has 0 saturated carbocycles. The maximum atomic E-state index is 13.1. The summed E-state index contributed by atoms with van der Waals surface area (Å²) in [6.45, 7) is 3.36. The van der Waals surface area contributed by atoms with Crippen LogP contribution in [0.2, 0.25) is 5.02 Å². The van der Waals surface area contributed by atoms with E-state index in [1.807, 2.05) is 30.3 Å². The maximum absolute atomic E-state index is 13.1. The molecule has 1 aliphatic rings. The summed E-state index contributed by atoms with van der Waals surface area (Å²) in [5, 5.41) is 16.2. The standard InChI is InChI=1S/C30H26ClN3O5S/c1-18(2)38-30(37)27-26(19-8-10-20(31)11-9-19)24(16-32)29(34-28(27)36)40-17-25(35)33-21-12-14-23(15-13-21)39-22-6-4-3-5-7-22/h3-15,18,26-27H,17H2,1-2H3,(H,33,35)(H,34,36). The zero-order chi connectivity index (χ0) is 28.6. The number of ether oxygens (including phenoxy) is 2. The molecule has 0 fully saturated rings. The lowest BCUT2D eigenvalue weighted by Crippen LogP contribution is -2.45. The van der Waals surface area contributed by atoms with Gasteiger partial charge in [-0.1, -0.05) is 53.7 Å². The summed E-state index contributed by atoms with van der Waals surface area (Å²) < 4.78 is 11.1. The van der Waals surface area contributed by atoms with Crippen molar-refractivity contribution in [3.63, 3.8) is 0 Å². The molecule has 0 saturated heterocycles. The number of rotatable bonds is 9. The van der Waals surface area contributed by atoms with Gasteiger partial charge in [0.1, 0.15) is 17.4 Å². The molecule has 204 valence electrons. The number of nitrogens with zero attached hydrogens (tertiary/aromatic N) is 1. The van der Waals surface area contributed by atoms with E-state index in [9.17, 15) is 19.6 Å². The van der Waals surface area contributed by atoms with Crippen molar-refractivity contribution in [1.82, 2.24) is 5.32 Å². The molecular formula is C30H26ClN3O5S. The highest BCUT2D eigenvalue weighted by Crippen LogP contribution is 2.40. The fourth-order valence-corrected chi connectivity index (χ4v) is 5.07. The van der Waals surface area contributed by atoms with Gasteiger partial charge >= 0.3 is 5.97 Å². The zero-order valence-corrected chi connectivity index (χ0v) is 23.3. The van der Waals surface area contributed by atoms with Gasteiger partial charge in [-0.2, -0.15) is 5.26 Å². The largest absolute Gasteiger partial charge is 0.462 e. The van der Waals surface area contributed by atoms with Gasteiger partial charge in [-0.3, -0.25) is 14.4 Å². The predicted octanol–water partition coefficient (Wildman–Crippen LogP) is 6.02. The minimum atomic E-state index is -1.27.